The van der Waals surface area contributed by atoms with Gasteiger partial charge in [-0.05, 0) is 47.9 Å². The molecule has 0 aliphatic heterocycles. The first kappa shape index (κ1) is 22.8. The van der Waals surface area contributed by atoms with E-state index in [0.29, 0.717) is 0 Å². The third-order valence-corrected chi connectivity index (χ3v) is 6.77. The van der Waals surface area contributed by atoms with Gasteiger partial charge in [-0.25, -0.2) is 4.79 Å². The lowest BCUT2D eigenvalue weighted by Crippen LogP contribution is -2.46. The highest BCUT2D eigenvalue weighted by Gasteiger charge is 2.32. The largest absolute Gasteiger partial charge is 0.480 e. The molecule has 2 aromatic rings. The molecule has 2 aromatic carbocycles. The molecular formula is C26H30N2O5. The second kappa shape index (κ2) is 10.1. The predicted molar refractivity (Wildman–Crippen MR) is 124 cm³/mol. The highest BCUT2D eigenvalue weighted by atomic mass is 16.5. The number of ether oxygens (including phenoxy) is 1. The van der Waals surface area contributed by atoms with Crippen molar-refractivity contribution in [2.75, 3.05) is 6.61 Å². The Morgan fingerprint density at radius 2 is 1.55 bits per heavy atom. The number of rotatable bonds is 8. The quantitative estimate of drug-likeness (QED) is 0.563. The molecule has 0 spiro atoms. The van der Waals surface area contributed by atoms with Crippen LogP contribution >= 0.6 is 0 Å². The van der Waals surface area contributed by atoms with Gasteiger partial charge in [0.25, 0.3) is 0 Å². The van der Waals surface area contributed by atoms with E-state index in [1.807, 2.05) is 24.3 Å². The SMILES string of the molecule is C[C@H](NC(=O)CC(NC(=O)OCC1c2ccccc2-c2ccccc21)C1CCCC1)C(=O)O. The van der Waals surface area contributed by atoms with Crippen molar-refractivity contribution in [3.05, 3.63) is 59.7 Å². The number of nitrogens with one attached hydrogen (secondary N) is 2. The van der Waals surface area contributed by atoms with E-state index >= 15 is 0 Å². The first-order valence-corrected chi connectivity index (χ1v) is 11.6. The van der Waals surface area contributed by atoms with E-state index in [1.54, 1.807) is 0 Å². The van der Waals surface area contributed by atoms with Crippen molar-refractivity contribution in [1.29, 1.82) is 0 Å². The summed E-state index contributed by atoms with van der Waals surface area (Å²) in [5.74, 6) is -1.34. The Kier molecular flexibility index (Phi) is 6.96. The van der Waals surface area contributed by atoms with Crippen molar-refractivity contribution in [2.24, 2.45) is 5.92 Å². The first-order valence-electron chi connectivity index (χ1n) is 11.6. The number of hydrogen-bond acceptors (Lipinski definition) is 4. The lowest BCUT2D eigenvalue weighted by atomic mass is 9.95. The van der Waals surface area contributed by atoms with Gasteiger partial charge < -0.3 is 20.5 Å². The Hall–Kier alpha value is -3.35. The van der Waals surface area contributed by atoms with Crippen LogP contribution < -0.4 is 10.6 Å². The molecule has 3 N–H and O–H groups in total. The molecule has 0 heterocycles. The van der Waals surface area contributed by atoms with E-state index < -0.39 is 18.1 Å². The van der Waals surface area contributed by atoms with Crippen LogP contribution in [0.2, 0.25) is 0 Å². The van der Waals surface area contributed by atoms with Gasteiger partial charge >= 0.3 is 12.1 Å². The van der Waals surface area contributed by atoms with Crippen LogP contribution in [0.15, 0.2) is 48.5 Å². The van der Waals surface area contributed by atoms with Crippen molar-refractivity contribution in [3.63, 3.8) is 0 Å². The summed E-state index contributed by atoms with van der Waals surface area (Å²) < 4.78 is 5.65. The highest BCUT2D eigenvalue weighted by molar-refractivity contribution is 5.84. The molecule has 7 heteroatoms. The van der Waals surface area contributed by atoms with Gasteiger partial charge in [-0.15, -0.1) is 0 Å². The van der Waals surface area contributed by atoms with Gasteiger partial charge in [0.2, 0.25) is 5.91 Å². The second-order valence-electron chi connectivity index (χ2n) is 8.95. The molecule has 2 atom stereocenters. The number of amides is 2. The number of hydrogen-bond donors (Lipinski definition) is 3. The Bertz CT molecular complexity index is 985. The van der Waals surface area contributed by atoms with E-state index in [1.165, 1.54) is 6.92 Å². The fourth-order valence-corrected chi connectivity index (χ4v) is 5.05. The van der Waals surface area contributed by atoms with Crippen LogP contribution in [0.25, 0.3) is 11.1 Å². The van der Waals surface area contributed by atoms with Crippen LogP contribution in [0.3, 0.4) is 0 Å². The summed E-state index contributed by atoms with van der Waals surface area (Å²) in [6.07, 6.45) is 3.45. The summed E-state index contributed by atoms with van der Waals surface area (Å²) in [5, 5.41) is 14.4. The van der Waals surface area contributed by atoms with Crippen molar-refractivity contribution in [3.8, 4) is 11.1 Å². The normalized spacial score (nSPS) is 17.0. The second-order valence-corrected chi connectivity index (χ2v) is 8.95. The molecule has 2 aliphatic carbocycles. The van der Waals surface area contributed by atoms with Crippen molar-refractivity contribution in [2.45, 2.75) is 57.0 Å². The number of alkyl carbamates (subject to hydrolysis) is 1. The minimum Gasteiger partial charge on any atom is -0.480 e. The summed E-state index contributed by atoms with van der Waals surface area (Å²) in [7, 11) is 0. The zero-order valence-electron chi connectivity index (χ0n) is 18.8. The average molecular weight is 451 g/mol. The zero-order valence-corrected chi connectivity index (χ0v) is 18.8. The number of carbonyl (C=O) groups is 3. The summed E-state index contributed by atoms with van der Waals surface area (Å²) >= 11 is 0. The molecule has 7 nitrogen and oxygen atoms in total. The lowest BCUT2D eigenvalue weighted by molar-refractivity contribution is -0.141. The molecule has 0 saturated heterocycles. The maximum absolute atomic E-state index is 12.7. The molecule has 1 fully saturated rings. The smallest absolute Gasteiger partial charge is 0.407 e. The van der Waals surface area contributed by atoms with Crippen LogP contribution in [0.5, 0.6) is 0 Å². The fraction of sp³-hybridized carbons (Fsp3) is 0.423. The lowest BCUT2D eigenvalue weighted by Gasteiger charge is -2.25. The Morgan fingerprint density at radius 3 is 2.12 bits per heavy atom. The number of benzene rings is 2. The molecule has 1 saturated carbocycles. The first-order chi connectivity index (χ1) is 15.9. The van der Waals surface area contributed by atoms with E-state index in [0.717, 1.165) is 47.9 Å². The summed E-state index contributed by atoms with van der Waals surface area (Å²) in [6, 6.07) is 14.9. The number of carboxylic acids is 1. The Labute approximate surface area is 193 Å². The van der Waals surface area contributed by atoms with Gasteiger partial charge in [-0.2, -0.15) is 0 Å². The molecule has 4 rings (SSSR count). The third kappa shape index (κ3) is 5.18. The van der Waals surface area contributed by atoms with E-state index in [4.69, 9.17) is 9.84 Å². The van der Waals surface area contributed by atoms with E-state index in [2.05, 4.69) is 34.9 Å². The molecule has 0 bridgehead atoms. The minimum atomic E-state index is -1.09. The third-order valence-electron chi connectivity index (χ3n) is 6.77. The summed E-state index contributed by atoms with van der Waals surface area (Å²) in [5.41, 5.74) is 4.60. The van der Waals surface area contributed by atoms with Gasteiger partial charge in [0.05, 0.1) is 0 Å². The average Bonchev–Trinajstić information content (AvgIpc) is 3.44. The summed E-state index contributed by atoms with van der Waals surface area (Å²) in [4.78, 5) is 36.2. The predicted octanol–water partition coefficient (Wildman–Crippen LogP) is 4.06. The van der Waals surface area contributed by atoms with Crippen molar-refractivity contribution < 1.29 is 24.2 Å². The molecule has 0 radical (unpaired) electrons. The van der Waals surface area contributed by atoms with Crippen LogP contribution in [0.4, 0.5) is 4.79 Å². The van der Waals surface area contributed by atoms with Gasteiger partial charge in [-0.1, -0.05) is 61.4 Å². The Balaban J connectivity index is 1.40. The van der Waals surface area contributed by atoms with Gasteiger partial charge in [-0.3, -0.25) is 9.59 Å². The topological polar surface area (TPSA) is 105 Å². The van der Waals surface area contributed by atoms with Crippen LogP contribution in [0.1, 0.15) is 56.1 Å². The molecule has 2 aliphatic rings. The van der Waals surface area contributed by atoms with Gasteiger partial charge in [0.15, 0.2) is 0 Å². The van der Waals surface area contributed by atoms with Crippen molar-refractivity contribution in [1.82, 2.24) is 10.6 Å². The number of fused-ring (bicyclic) bond motifs is 3. The van der Waals surface area contributed by atoms with Crippen LogP contribution in [-0.4, -0.2) is 41.8 Å². The molecule has 2 amide bonds. The van der Waals surface area contributed by atoms with Crippen LogP contribution in [-0.2, 0) is 14.3 Å². The standard InChI is InChI=1S/C26H30N2O5/c1-16(25(30)31)27-24(29)14-23(17-8-2-3-9-17)28-26(32)33-15-22-20-12-6-4-10-18(20)19-11-5-7-13-21(19)22/h4-7,10-13,16-17,22-23H,2-3,8-9,14-15H2,1H3,(H,27,29)(H,28,32)(H,30,31)/t16-,23?/m0/s1. The highest BCUT2D eigenvalue weighted by Crippen LogP contribution is 2.44. The molecule has 33 heavy (non-hydrogen) atoms. The van der Waals surface area contributed by atoms with Crippen LogP contribution in [0, 0.1) is 5.92 Å². The summed E-state index contributed by atoms with van der Waals surface area (Å²) in [6.45, 7) is 1.63. The maximum atomic E-state index is 12.7. The monoisotopic (exact) mass is 450 g/mol. The van der Waals surface area contributed by atoms with E-state index in [-0.39, 0.29) is 36.8 Å². The maximum Gasteiger partial charge on any atom is 0.407 e. The molecule has 1 unspecified atom stereocenters. The number of carbonyl (C=O) groups excluding carboxylic acids is 2. The minimum absolute atomic E-state index is 0.0342. The molecule has 0 aromatic heterocycles. The van der Waals surface area contributed by atoms with E-state index in [9.17, 15) is 14.4 Å². The number of carboxylic acid groups (broad SMARTS) is 1. The molecule has 174 valence electrons. The molecular weight excluding hydrogens is 420 g/mol. The Morgan fingerprint density at radius 1 is 0.970 bits per heavy atom. The van der Waals surface area contributed by atoms with Gasteiger partial charge in [0.1, 0.15) is 12.6 Å². The fourth-order valence-electron chi connectivity index (χ4n) is 5.05. The zero-order chi connectivity index (χ0) is 23.4. The van der Waals surface area contributed by atoms with Crippen molar-refractivity contribution >= 4 is 18.0 Å². The number of aliphatic carboxylic acids is 1. The van der Waals surface area contributed by atoms with Gasteiger partial charge in [0, 0.05) is 18.4 Å².